The van der Waals surface area contributed by atoms with E-state index >= 15 is 0 Å². The molecular formula is C20H19F2NO3. The van der Waals surface area contributed by atoms with E-state index in [2.05, 4.69) is 0 Å². The van der Waals surface area contributed by atoms with Crippen molar-refractivity contribution in [3.05, 3.63) is 71.3 Å². The van der Waals surface area contributed by atoms with Gasteiger partial charge in [-0.1, -0.05) is 42.5 Å². The van der Waals surface area contributed by atoms with E-state index < -0.39 is 35.5 Å². The van der Waals surface area contributed by atoms with E-state index in [0.717, 1.165) is 11.6 Å². The maximum Gasteiger partial charge on any atom is 0.326 e. The third kappa shape index (κ3) is 3.59. The van der Waals surface area contributed by atoms with Gasteiger partial charge in [-0.15, -0.1) is 0 Å². The Morgan fingerprint density at radius 2 is 1.85 bits per heavy atom. The first-order valence-electron chi connectivity index (χ1n) is 8.37. The molecule has 0 heterocycles. The number of hydrogen-bond acceptors (Lipinski definition) is 2. The number of rotatable bonds is 6. The fraction of sp³-hybridized carbons (Fsp3) is 0.300. The Morgan fingerprint density at radius 1 is 1.15 bits per heavy atom. The van der Waals surface area contributed by atoms with Gasteiger partial charge in [0, 0.05) is 19.4 Å². The van der Waals surface area contributed by atoms with Gasteiger partial charge in [0.2, 0.25) is 5.91 Å². The molecule has 2 aromatic rings. The smallest absolute Gasteiger partial charge is 0.326 e. The summed E-state index contributed by atoms with van der Waals surface area (Å²) in [6.45, 7) is 0. The molecule has 2 aromatic carbocycles. The molecule has 1 N–H and O–H groups in total. The van der Waals surface area contributed by atoms with Crippen molar-refractivity contribution < 1.29 is 23.5 Å². The molecule has 0 aliphatic heterocycles. The van der Waals surface area contributed by atoms with E-state index in [1.807, 2.05) is 6.07 Å². The summed E-state index contributed by atoms with van der Waals surface area (Å²) in [6, 6.07) is 11.9. The Labute approximate surface area is 150 Å². The molecule has 0 bridgehead atoms. The molecule has 1 aliphatic carbocycles. The third-order valence-electron chi connectivity index (χ3n) is 4.86. The lowest BCUT2D eigenvalue weighted by Crippen LogP contribution is -2.44. The van der Waals surface area contributed by atoms with Gasteiger partial charge in [0.15, 0.2) is 11.6 Å². The second-order valence-electron chi connectivity index (χ2n) is 6.58. The first-order valence-corrected chi connectivity index (χ1v) is 8.37. The van der Waals surface area contributed by atoms with Crippen molar-refractivity contribution in [3.63, 3.8) is 0 Å². The number of likely N-dealkylation sites (N-methyl/N-ethyl adjacent to an activating group) is 1. The summed E-state index contributed by atoms with van der Waals surface area (Å²) in [7, 11) is 1.45. The minimum Gasteiger partial charge on any atom is -0.480 e. The Bertz CT molecular complexity index is 825. The van der Waals surface area contributed by atoms with Crippen LogP contribution in [-0.4, -0.2) is 35.0 Å². The van der Waals surface area contributed by atoms with Gasteiger partial charge in [0.1, 0.15) is 6.04 Å². The van der Waals surface area contributed by atoms with Gasteiger partial charge in [0.25, 0.3) is 0 Å². The van der Waals surface area contributed by atoms with E-state index in [4.69, 9.17) is 0 Å². The van der Waals surface area contributed by atoms with Crippen LogP contribution in [0.3, 0.4) is 0 Å². The fourth-order valence-corrected chi connectivity index (χ4v) is 3.26. The number of amides is 1. The van der Waals surface area contributed by atoms with Gasteiger partial charge < -0.3 is 10.0 Å². The van der Waals surface area contributed by atoms with Crippen LogP contribution in [0.2, 0.25) is 0 Å². The average Bonchev–Trinajstić information content (AvgIpc) is 3.42. The van der Waals surface area contributed by atoms with Crippen LogP contribution in [0.4, 0.5) is 8.78 Å². The molecule has 1 amide bonds. The van der Waals surface area contributed by atoms with Gasteiger partial charge in [-0.3, -0.25) is 4.79 Å². The van der Waals surface area contributed by atoms with Crippen molar-refractivity contribution in [1.29, 1.82) is 0 Å². The largest absolute Gasteiger partial charge is 0.480 e. The molecule has 1 saturated carbocycles. The zero-order valence-electron chi connectivity index (χ0n) is 14.2. The van der Waals surface area contributed by atoms with Gasteiger partial charge in [0.05, 0.1) is 0 Å². The van der Waals surface area contributed by atoms with E-state index in [1.165, 1.54) is 24.1 Å². The minimum absolute atomic E-state index is 0.173. The van der Waals surface area contributed by atoms with Crippen LogP contribution in [-0.2, 0) is 16.0 Å². The number of hydrogen-bond donors (Lipinski definition) is 1. The number of carbonyl (C=O) groups is 2. The lowest BCUT2D eigenvalue weighted by Gasteiger charge is -2.25. The zero-order chi connectivity index (χ0) is 18.8. The third-order valence-corrected chi connectivity index (χ3v) is 4.86. The molecule has 136 valence electrons. The van der Waals surface area contributed by atoms with E-state index in [9.17, 15) is 23.5 Å². The topological polar surface area (TPSA) is 57.6 Å². The number of benzene rings is 2. The summed E-state index contributed by atoms with van der Waals surface area (Å²) >= 11 is 0. The highest BCUT2D eigenvalue weighted by atomic mass is 19.2. The summed E-state index contributed by atoms with van der Waals surface area (Å²) in [5, 5.41) is 9.52. The molecule has 0 radical (unpaired) electrons. The number of aliphatic carboxylic acids is 1. The molecule has 1 fully saturated rings. The van der Waals surface area contributed by atoms with Crippen molar-refractivity contribution in [3.8, 4) is 0 Å². The lowest BCUT2D eigenvalue weighted by atomic mass is 10.0. The molecule has 3 atom stereocenters. The summed E-state index contributed by atoms with van der Waals surface area (Å²) in [5.74, 6) is -4.27. The van der Waals surface area contributed by atoms with Crippen molar-refractivity contribution in [1.82, 2.24) is 4.90 Å². The van der Waals surface area contributed by atoms with Crippen molar-refractivity contribution in [2.75, 3.05) is 7.05 Å². The summed E-state index contributed by atoms with van der Waals surface area (Å²) in [6.07, 6.45) is 0.575. The Hall–Kier alpha value is -2.76. The van der Waals surface area contributed by atoms with Gasteiger partial charge >= 0.3 is 5.97 Å². The Balaban J connectivity index is 1.72. The van der Waals surface area contributed by atoms with Crippen molar-refractivity contribution in [2.24, 2.45) is 5.92 Å². The number of carboxylic acids is 1. The maximum atomic E-state index is 13.9. The molecule has 3 rings (SSSR count). The monoisotopic (exact) mass is 359 g/mol. The molecule has 6 heteroatoms. The van der Waals surface area contributed by atoms with Crippen LogP contribution in [0, 0.1) is 17.6 Å². The van der Waals surface area contributed by atoms with Gasteiger partial charge in [-0.05, 0) is 29.5 Å². The van der Waals surface area contributed by atoms with Crippen LogP contribution < -0.4 is 0 Å². The lowest BCUT2D eigenvalue weighted by molar-refractivity contribution is -0.149. The second kappa shape index (κ2) is 7.23. The van der Waals surface area contributed by atoms with Crippen LogP contribution in [0.25, 0.3) is 0 Å². The number of carbonyl (C=O) groups excluding carboxylic acids is 1. The number of halogens is 2. The summed E-state index contributed by atoms with van der Waals surface area (Å²) in [4.78, 5) is 25.5. The molecule has 4 nitrogen and oxygen atoms in total. The predicted molar refractivity (Wildman–Crippen MR) is 91.5 cm³/mol. The number of carboxylic acid groups (broad SMARTS) is 1. The first kappa shape index (κ1) is 18.0. The molecule has 0 spiro atoms. The quantitative estimate of drug-likeness (QED) is 0.862. The average molecular weight is 359 g/mol. The molecule has 1 aliphatic rings. The van der Waals surface area contributed by atoms with Crippen LogP contribution in [0.1, 0.15) is 23.5 Å². The highest BCUT2D eigenvalue weighted by Crippen LogP contribution is 2.49. The fourth-order valence-electron chi connectivity index (χ4n) is 3.26. The minimum atomic E-state index is -1.10. The van der Waals surface area contributed by atoms with Gasteiger partial charge in [-0.25, -0.2) is 13.6 Å². The predicted octanol–water partition coefficient (Wildman–Crippen LogP) is 3.22. The van der Waals surface area contributed by atoms with Crippen molar-refractivity contribution in [2.45, 2.75) is 24.8 Å². The van der Waals surface area contributed by atoms with Crippen LogP contribution in [0.5, 0.6) is 0 Å². The second-order valence-corrected chi connectivity index (χ2v) is 6.58. The van der Waals surface area contributed by atoms with Crippen LogP contribution >= 0.6 is 0 Å². The molecule has 26 heavy (non-hydrogen) atoms. The Morgan fingerprint density at radius 3 is 2.50 bits per heavy atom. The first-order chi connectivity index (χ1) is 12.4. The highest BCUT2D eigenvalue weighted by molar-refractivity contribution is 5.87. The number of nitrogens with zero attached hydrogens (tertiary/aromatic N) is 1. The standard InChI is InChI=1S/C20H19F2NO3/c1-23(17(20(25)26)10-12-6-3-2-4-7-12)19(24)15-11-14(15)13-8-5-9-16(21)18(13)22/h2-9,14-15,17H,10-11H2,1H3,(H,25,26). The molecular weight excluding hydrogens is 340 g/mol. The molecule has 3 unspecified atom stereocenters. The van der Waals surface area contributed by atoms with E-state index in [-0.39, 0.29) is 17.9 Å². The van der Waals surface area contributed by atoms with Crippen molar-refractivity contribution >= 4 is 11.9 Å². The van der Waals surface area contributed by atoms with Gasteiger partial charge in [-0.2, -0.15) is 0 Å². The molecule has 0 saturated heterocycles. The van der Waals surface area contributed by atoms with Crippen LogP contribution in [0.15, 0.2) is 48.5 Å². The normalized spacial score (nSPS) is 19.7. The maximum absolute atomic E-state index is 13.9. The SMILES string of the molecule is CN(C(=O)C1CC1c1cccc(F)c1F)C(Cc1ccccc1)C(=O)O. The zero-order valence-corrected chi connectivity index (χ0v) is 14.2. The summed E-state index contributed by atoms with van der Waals surface area (Å²) in [5.41, 5.74) is 0.981. The summed E-state index contributed by atoms with van der Waals surface area (Å²) < 4.78 is 27.3. The highest BCUT2D eigenvalue weighted by Gasteiger charge is 2.48. The Kier molecular flexibility index (Phi) is 5.02. The van der Waals surface area contributed by atoms with E-state index in [1.54, 1.807) is 24.3 Å². The van der Waals surface area contributed by atoms with E-state index in [0.29, 0.717) is 6.42 Å². The molecule has 0 aromatic heterocycles.